The van der Waals surface area contributed by atoms with Gasteiger partial charge in [-0.25, -0.2) is 9.97 Å². The average molecular weight is 447 g/mol. The van der Waals surface area contributed by atoms with E-state index in [4.69, 9.17) is 9.47 Å². The number of hydrogen-bond donors (Lipinski definition) is 2. The van der Waals surface area contributed by atoms with E-state index in [-0.39, 0.29) is 11.7 Å². The SMILES string of the molecule is COc1ccc(Nc2ncnc3c2C(c2cccc(O)c2)c2c(ccc4ccccc24)O3)cc1. The van der Waals surface area contributed by atoms with Crippen molar-refractivity contribution in [2.75, 3.05) is 12.4 Å². The maximum absolute atomic E-state index is 10.3. The minimum Gasteiger partial charge on any atom is -0.508 e. The predicted molar refractivity (Wildman–Crippen MR) is 131 cm³/mol. The molecule has 0 amide bonds. The van der Waals surface area contributed by atoms with Crippen molar-refractivity contribution in [1.82, 2.24) is 9.97 Å². The zero-order valence-electron chi connectivity index (χ0n) is 18.4. The number of benzene rings is 4. The molecule has 1 unspecified atom stereocenters. The smallest absolute Gasteiger partial charge is 0.228 e. The molecule has 0 saturated heterocycles. The summed E-state index contributed by atoms with van der Waals surface area (Å²) in [5.74, 6) is 2.60. The summed E-state index contributed by atoms with van der Waals surface area (Å²) in [4.78, 5) is 9.06. The van der Waals surface area contributed by atoms with Gasteiger partial charge in [0.05, 0.1) is 12.7 Å². The number of hydrogen-bond acceptors (Lipinski definition) is 6. The summed E-state index contributed by atoms with van der Waals surface area (Å²) in [5, 5.41) is 15.9. The van der Waals surface area contributed by atoms with E-state index in [2.05, 4.69) is 33.5 Å². The lowest BCUT2D eigenvalue weighted by molar-refractivity contribution is 0.415. The zero-order chi connectivity index (χ0) is 23.1. The number of nitrogens with zero attached hydrogens (tertiary/aromatic N) is 2. The number of ether oxygens (including phenoxy) is 2. The minimum absolute atomic E-state index is 0.203. The molecule has 6 heteroatoms. The normalized spacial score (nSPS) is 14.1. The van der Waals surface area contributed by atoms with Gasteiger partial charge in [-0.2, -0.15) is 0 Å². The van der Waals surface area contributed by atoms with Crippen molar-refractivity contribution in [3.8, 4) is 23.1 Å². The van der Waals surface area contributed by atoms with Crippen LogP contribution in [0.1, 0.15) is 22.6 Å². The molecule has 4 aromatic carbocycles. The van der Waals surface area contributed by atoms with Gasteiger partial charge in [0.15, 0.2) is 0 Å². The number of phenols is 1. The van der Waals surface area contributed by atoms with Crippen LogP contribution in [-0.2, 0) is 0 Å². The Labute approximate surface area is 196 Å². The van der Waals surface area contributed by atoms with Gasteiger partial charge < -0.3 is 19.9 Å². The number of fused-ring (bicyclic) bond motifs is 4. The Balaban J connectivity index is 1.58. The summed E-state index contributed by atoms with van der Waals surface area (Å²) in [6.07, 6.45) is 1.50. The second-order valence-electron chi connectivity index (χ2n) is 8.12. The lowest BCUT2D eigenvalue weighted by Crippen LogP contribution is -2.16. The third-order valence-electron chi connectivity index (χ3n) is 6.12. The molecule has 0 bridgehead atoms. The van der Waals surface area contributed by atoms with Crippen LogP contribution < -0.4 is 14.8 Å². The Morgan fingerprint density at radius 3 is 2.56 bits per heavy atom. The first-order chi connectivity index (χ1) is 16.7. The fraction of sp³-hybridized carbons (Fsp3) is 0.0714. The molecule has 0 spiro atoms. The van der Waals surface area contributed by atoms with Gasteiger partial charge in [0.2, 0.25) is 5.88 Å². The Kier molecular flexibility index (Phi) is 4.77. The first-order valence-electron chi connectivity index (χ1n) is 11.0. The number of nitrogens with one attached hydrogen (secondary N) is 1. The van der Waals surface area contributed by atoms with Crippen molar-refractivity contribution in [2.45, 2.75) is 5.92 Å². The number of methoxy groups -OCH3 is 1. The molecule has 0 fully saturated rings. The van der Waals surface area contributed by atoms with Gasteiger partial charge in [0, 0.05) is 17.2 Å². The van der Waals surface area contributed by atoms with Crippen LogP contribution in [0.15, 0.2) is 91.3 Å². The molecule has 34 heavy (non-hydrogen) atoms. The van der Waals surface area contributed by atoms with Crippen LogP contribution >= 0.6 is 0 Å². The van der Waals surface area contributed by atoms with E-state index in [0.717, 1.165) is 44.6 Å². The molecule has 1 aromatic heterocycles. The van der Waals surface area contributed by atoms with E-state index in [0.29, 0.717) is 11.7 Å². The van der Waals surface area contributed by atoms with Crippen molar-refractivity contribution >= 4 is 22.3 Å². The Hall–Kier alpha value is -4.58. The maximum atomic E-state index is 10.3. The van der Waals surface area contributed by atoms with Gasteiger partial charge in [-0.1, -0.05) is 42.5 Å². The van der Waals surface area contributed by atoms with Crippen LogP contribution in [0.5, 0.6) is 23.1 Å². The predicted octanol–water partition coefficient (Wildman–Crippen LogP) is 6.37. The van der Waals surface area contributed by atoms with Gasteiger partial charge in [0.25, 0.3) is 0 Å². The van der Waals surface area contributed by atoms with Crippen LogP contribution in [0.2, 0.25) is 0 Å². The molecule has 166 valence electrons. The lowest BCUT2D eigenvalue weighted by atomic mass is 9.81. The number of aromatic nitrogens is 2. The molecule has 6 nitrogen and oxygen atoms in total. The molecule has 6 rings (SSSR count). The van der Waals surface area contributed by atoms with Crippen LogP contribution in [0.3, 0.4) is 0 Å². The van der Waals surface area contributed by atoms with Crippen molar-refractivity contribution in [1.29, 1.82) is 0 Å². The summed E-state index contributed by atoms with van der Waals surface area (Å²) in [7, 11) is 1.64. The fourth-order valence-electron chi connectivity index (χ4n) is 4.58. The Morgan fingerprint density at radius 1 is 0.882 bits per heavy atom. The van der Waals surface area contributed by atoms with Crippen LogP contribution in [0.4, 0.5) is 11.5 Å². The highest BCUT2D eigenvalue weighted by atomic mass is 16.5. The summed E-state index contributed by atoms with van der Waals surface area (Å²) in [5.41, 5.74) is 3.62. The van der Waals surface area contributed by atoms with Crippen LogP contribution in [0.25, 0.3) is 10.8 Å². The standard InChI is InChI=1S/C28H21N3O3/c1-33-21-12-10-19(11-13-21)31-27-26-24(18-6-4-7-20(32)15-18)25-22-8-3-2-5-17(22)9-14-23(25)34-28(26)30-16-29-27/h2-16,24,32H,1H3,(H,29,30,31). The molecule has 2 N–H and O–H groups in total. The van der Waals surface area contributed by atoms with Gasteiger partial charge in [-0.15, -0.1) is 0 Å². The quantitative estimate of drug-likeness (QED) is 0.327. The molecule has 0 radical (unpaired) electrons. The summed E-state index contributed by atoms with van der Waals surface area (Å²) in [6, 6.07) is 27.2. The summed E-state index contributed by atoms with van der Waals surface area (Å²) in [6.45, 7) is 0. The van der Waals surface area contributed by atoms with E-state index < -0.39 is 0 Å². The van der Waals surface area contributed by atoms with Gasteiger partial charge in [-0.05, 0) is 58.8 Å². The average Bonchev–Trinajstić information content (AvgIpc) is 2.88. The minimum atomic E-state index is -0.251. The molecular formula is C28H21N3O3. The molecule has 1 aliphatic heterocycles. The first kappa shape index (κ1) is 20.1. The topological polar surface area (TPSA) is 76.5 Å². The lowest BCUT2D eigenvalue weighted by Gasteiger charge is -2.30. The van der Waals surface area contributed by atoms with Crippen molar-refractivity contribution in [3.05, 3.63) is 108 Å². The highest BCUT2D eigenvalue weighted by Crippen LogP contribution is 2.51. The Bertz CT molecular complexity index is 1520. The maximum Gasteiger partial charge on any atom is 0.228 e. The van der Waals surface area contributed by atoms with E-state index in [1.54, 1.807) is 19.2 Å². The highest BCUT2D eigenvalue weighted by Gasteiger charge is 2.34. The van der Waals surface area contributed by atoms with Crippen LogP contribution in [0, 0.1) is 0 Å². The Morgan fingerprint density at radius 2 is 1.74 bits per heavy atom. The molecule has 1 atom stereocenters. The number of phenolic OH excluding ortho intramolecular Hbond substituents is 1. The van der Waals surface area contributed by atoms with E-state index in [1.807, 2.05) is 54.6 Å². The summed E-state index contributed by atoms with van der Waals surface area (Å²) >= 11 is 0. The monoisotopic (exact) mass is 447 g/mol. The summed E-state index contributed by atoms with van der Waals surface area (Å²) < 4.78 is 11.6. The van der Waals surface area contributed by atoms with E-state index in [1.165, 1.54) is 6.33 Å². The van der Waals surface area contributed by atoms with Crippen LogP contribution in [-0.4, -0.2) is 22.2 Å². The highest BCUT2D eigenvalue weighted by molar-refractivity contribution is 5.90. The third-order valence-corrected chi connectivity index (χ3v) is 6.12. The van der Waals surface area contributed by atoms with Gasteiger partial charge >= 0.3 is 0 Å². The molecular weight excluding hydrogens is 426 g/mol. The van der Waals surface area contributed by atoms with E-state index >= 15 is 0 Å². The van der Waals surface area contributed by atoms with Crippen molar-refractivity contribution < 1.29 is 14.6 Å². The molecule has 0 aliphatic carbocycles. The van der Waals surface area contributed by atoms with Gasteiger partial charge in [-0.3, -0.25) is 0 Å². The number of rotatable bonds is 4. The number of anilines is 2. The molecule has 0 saturated carbocycles. The third kappa shape index (κ3) is 3.36. The van der Waals surface area contributed by atoms with Crippen molar-refractivity contribution in [2.24, 2.45) is 0 Å². The first-order valence-corrected chi connectivity index (χ1v) is 11.0. The van der Waals surface area contributed by atoms with Gasteiger partial charge in [0.1, 0.15) is 29.4 Å². The largest absolute Gasteiger partial charge is 0.508 e. The molecule has 2 heterocycles. The van der Waals surface area contributed by atoms with E-state index in [9.17, 15) is 5.11 Å². The fourth-order valence-corrected chi connectivity index (χ4v) is 4.58. The second-order valence-corrected chi connectivity index (χ2v) is 8.12. The number of aromatic hydroxyl groups is 1. The molecule has 5 aromatic rings. The second kappa shape index (κ2) is 8.08. The van der Waals surface area contributed by atoms with Crippen molar-refractivity contribution in [3.63, 3.8) is 0 Å². The molecule has 1 aliphatic rings. The zero-order valence-corrected chi connectivity index (χ0v) is 18.4.